The molecule has 0 saturated carbocycles. The van der Waals surface area contributed by atoms with E-state index in [0.29, 0.717) is 0 Å². The number of hydrogen-bond acceptors (Lipinski definition) is 4. The third-order valence-electron chi connectivity index (χ3n) is 1.02. The molecule has 1 rings (SSSR count). The average Bonchev–Trinajstić information content (AvgIpc) is 2.05. The molecule has 0 saturated heterocycles. The fourth-order valence-electron chi connectivity index (χ4n) is 0.578. The first-order valence-corrected chi connectivity index (χ1v) is 3.86. The second kappa shape index (κ2) is 4.13. The van der Waals surface area contributed by atoms with Crippen LogP contribution in [0.4, 0.5) is 0 Å². The Hall–Kier alpha value is -1.01. The van der Waals surface area contributed by atoms with Crippen LogP contribution < -0.4 is 5.32 Å². The molecule has 0 fully saturated rings. The second-order valence-corrected chi connectivity index (χ2v) is 3.01. The molecule has 0 aliphatic heterocycles. The van der Waals surface area contributed by atoms with Gasteiger partial charge in [0, 0.05) is 12.4 Å². The van der Waals surface area contributed by atoms with Crippen LogP contribution in [-0.4, -0.2) is 20.2 Å². The Morgan fingerprint density at radius 2 is 2.33 bits per heavy atom. The Morgan fingerprint density at radius 3 is 2.83 bits per heavy atom. The summed E-state index contributed by atoms with van der Waals surface area (Å²) < 4.78 is 0.116. The molecular formula is C6H5N3OS2. The van der Waals surface area contributed by atoms with Crippen molar-refractivity contribution >= 4 is 35.1 Å². The third kappa shape index (κ3) is 2.55. The molecular weight excluding hydrogens is 194 g/mol. The summed E-state index contributed by atoms with van der Waals surface area (Å²) in [6, 6.07) is 0. The normalized spacial score (nSPS) is 9.08. The first-order chi connectivity index (χ1) is 5.70. The van der Waals surface area contributed by atoms with Crippen molar-refractivity contribution in [2.45, 2.75) is 0 Å². The van der Waals surface area contributed by atoms with Crippen LogP contribution in [0.25, 0.3) is 0 Å². The molecule has 0 unspecified atom stereocenters. The molecule has 1 amide bonds. The summed E-state index contributed by atoms with van der Waals surface area (Å²) in [6.45, 7) is 0. The van der Waals surface area contributed by atoms with Gasteiger partial charge in [-0.1, -0.05) is 12.2 Å². The Balaban J connectivity index is 2.73. The smallest absolute Gasteiger partial charge is 0.276 e. The zero-order valence-electron chi connectivity index (χ0n) is 5.89. The summed E-state index contributed by atoms with van der Waals surface area (Å²) in [5.74, 6) is -0.400. The molecule has 0 aliphatic rings. The van der Waals surface area contributed by atoms with Crippen molar-refractivity contribution in [2.24, 2.45) is 0 Å². The van der Waals surface area contributed by atoms with Crippen LogP contribution in [-0.2, 0) is 0 Å². The van der Waals surface area contributed by atoms with Crippen molar-refractivity contribution in [3.8, 4) is 0 Å². The van der Waals surface area contributed by atoms with E-state index in [0.717, 1.165) is 0 Å². The summed E-state index contributed by atoms with van der Waals surface area (Å²) in [5, 5.41) is 2.31. The molecule has 12 heavy (non-hydrogen) atoms. The third-order valence-corrected chi connectivity index (χ3v) is 1.23. The predicted molar refractivity (Wildman–Crippen MR) is 51.1 cm³/mol. The number of nitrogens with zero attached hydrogens (tertiary/aromatic N) is 2. The van der Waals surface area contributed by atoms with Gasteiger partial charge in [0.25, 0.3) is 5.91 Å². The maximum absolute atomic E-state index is 11.1. The molecule has 1 N–H and O–H groups in total. The van der Waals surface area contributed by atoms with Crippen molar-refractivity contribution in [3.05, 3.63) is 24.3 Å². The number of aromatic nitrogens is 2. The zero-order chi connectivity index (χ0) is 8.97. The molecule has 6 heteroatoms. The number of rotatable bonds is 1. The van der Waals surface area contributed by atoms with Gasteiger partial charge in [-0.3, -0.25) is 9.78 Å². The molecule has 1 aromatic heterocycles. The van der Waals surface area contributed by atoms with Crippen LogP contribution in [0.1, 0.15) is 10.5 Å². The standard InChI is InChI=1S/C6H5N3OS2/c10-5(9-6(11)12)4-3-7-1-2-8-4/h1-3H,(H2,9,10,11,12). The lowest BCUT2D eigenvalue weighted by Gasteiger charge is -1.98. The van der Waals surface area contributed by atoms with E-state index in [1.54, 1.807) is 0 Å². The fraction of sp³-hybridized carbons (Fsp3) is 0. The number of carbonyl (C=O) groups excluding carboxylic acids is 1. The van der Waals surface area contributed by atoms with Crippen LogP contribution in [0.15, 0.2) is 18.6 Å². The highest BCUT2D eigenvalue weighted by Crippen LogP contribution is 1.90. The van der Waals surface area contributed by atoms with Crippen molar-refractivity contribution in [3.63, 3.8) is 0 Å². The first-order valence-electron chi connectivity index (χ1n) is 3.00. The largest absolute Gasteiger partial charge is 0.306 e. The van der Waals surface area contributed by atoms with Gasteiger partial charge in [0.2, 0.25) is 0 Å². The minimum atomic E-state index is -0.400. The van der Waals surface area contributed by atoms with Gasteiger partial charge in [0.05, 0.1) is 6.20 Å². The quantitative estimate of drug-likeness (QED) is 0.508. The molecule has 0 aliphatic carbocycles. The van der Waals surface area contributed by atoms with Crippen LogP contribution in [0.2, 0.25) is 0 Å². The van der Waals surface area contributed by atoms with Gasteiger partial charge in [0.1, 0.15) is 10.0 Å². The van der Waals surface area contributed by atoms with Crippen LogP contribution in [0.3, 0.4) is 0 Å². The lowest BCUT2D eigenvalue weighted by Crippen LogP contribution is -2.26. The Morgan fingerprint density at radius 1 is 1.58 bits per heavy atom. The minimum absolute atomic E-state index is 0.116. The molecule has 1 aromatic rings. The van der Waals surface area contributed by atoms with Crippen molar-refractivity contribution in [2.75, 3.05) is 0 Å². The van der Waals surface area contributed by atoms with Crippen LogP contribution in [0, 0.1) is 0 Å². The molecule has 0 radical (unpaired) electrons. The molecule has 4 nitrogen and oxygen atoms in total. The molecule has 0 bridgehead atoms. The summed E-state index contributed by atoms with van der Waals surface area (Å²) in [5.41, 5.74) is 0.217. The molecule has 0 aromatic carbocycles. The number of amides is 1. The van der Waals surface area contributed by atoms with Gasteiger partial charge >= 0.3 is 0 Å². The van der Waals surface area contributed by atoms with E-state index in [1.807, 2.05) is 0 Å². The summed E-state index contributed by atoms with van der Waals surface area (Å²) >= 11 is 8.29. The van der Waals surface area contributed by atoms with E-state index >= 15 is 0 Å². The number of hydrogen-bond donors (Lipinski definition) is 2. The first kappa shape index (κ1) is 9.08. The van der Waals surface area contributed by atoms with E-state index in [1.165, 1.54) is 18.6 Å². The summed E-state index contributed by atoms with van der Waals surface area (Å²) in [6.07, 6.45) is 4.26. The second-order valence-electron chi connectivity index (χ2n) is 1.85. The number of nitrogens with one attached hydrogen (secondary N) is 1. The maximum Gasteiger partial charge on any atom is 0.276 e. The van der Waals surface area contributed by atoms with Gasteiger partial charge in [-0.2, -0.15) is 0 Å². The average molecular weight is 199 g/mol. The lowest BCUT2D eigenvalue weighted by molar-refractivity contribution is 0.0973. The van der Waals surface area contributed by atoms with Gasteiger partial charge in [-0.05, 0) is 0 Å². The van der Waals surface area contributed by atoms with E-state index in [9.17, 15) is 4.79 Å². The zero-order valence-corrected chi connectivity index (χ0v) is 7.60. The highest BCUT2D eigenvalue weighted by Gasteiger charge is 2.05. The fourth-order valence-corrected chi connectivity index (χ4v) is 0.772. The SMILES string of the molecule is O=C(NC(=S)S)c1cnccn1. The summed E-state index contributed by atoms with van der Waals surface area (Å²) in [4.78, 5) is 18.6. The van der Waals surface area contributed by atoms with Crippen LogP contribution in [0.5, 0.6) is 0 Å². The molecule has 1 heterocycles. The van der Waals surface area contributed by atoms with Gasteiger partial charge in [-0.25, -0.2) is 4.98 Å². The van der Waals surface area contributed by atoms with E-state index in [4.69, 9.17) is 0 Å². The Labute approximate surface area is 79.8 Å². The monoisotopic (exact) mass is 199 g/mol. The number of thiol groups is 1. The van der Waals surface area contributed by atoms with Crippen molar-refractivity contribution < 1.29 is 4.79 Å². The highest BCUT2D eigenvalue weighted by molar-refractivity contribution is 8.11. The van der Waals surface area contributed by atoms with E-state index < -0.39 is 5.91 Å². The van der Waals surface area contributed by atoms with Gasteiger partial charge in [-0.15, -0.1) is 12.6 Å². The minimum Gasteiger partial charge on any atom is -0.306 e. The van der Waals surface area contributed by atoms with Gasteiger partial charge in [0.15, 0.2) is 0 Å². The van der Waals surface area contributed by atoms with E-state index in [2.05, 4.69) is 40.1 Å². The Bertz CT molecular complexity index is 301. The Kier molecular flexibility index (Phi) is 3.12. The highest BCUT2D eigenvalue weighted by atomic mass is 32.1. The van der Waals surface area contributed by atoms with E-state index in [-0.39, 0.29) is 10.0 Å². The molecule has 62 valence electrons. The topological polar surface area (TPSA) is 54.9 Å². The number of thiocarbonyl (C=S) groups is 1. The number of carbonyl (C=O) groups is 1. The molecule has 0 atom stereocenters. The predicted octanol–water partition coefficient (Wildman–Crippen LogP) is 0.421. The maximum atomic E-state index is 11.1. The lowest BCUT2D eigenvalue weighted by atomic mass is 10.4. The summed E-state index contributed by atoms with van der Waals surface area (Å²) in [7, 11) is 0. The van der Waals surface area contributed by atoms with Crippen molar-refractivity contribution in [1.29, 1.82) is 0 Å². The van der Waals surface area contributed by atoms with Crippen LogP contribution >= 0.6 is 24.8 Å². The van der Waals surface area contributed by atoms with Gasteiger partial charge < -0.3 is 5.32 Å². The molecule has 0 spiro atoms. The van der Waals surface area contributed by atoms with Crippen molar-refractivity contribution in [1.82, 2.24) is 15.3 Å².